The molecular weight excluding hydrogens is 142 g/mol. The second-order valence-corrected chi connectivity index (χ2v) is 3.68. The molecule has 0 bridgehead atoms. The number of hydrogen-bond acceptors (Lipinski definition) is 2. The van der Waals surface area contributed by atoms with Gasteiger partial charge in [0.15, 0.2) is 0 Å². The summed E-state index contributed by atoms with van der Waals surface area (Å²) >= 11 is 1.91. The molecule has 10 heavy (non-hydrogen) atoms. The summed E-state index contributed by atoms with van der Waals surface area (Å²) in [5, 5.41) is 3.43. The summed E-state index contributed by atoms with van der Waals surface area (Å²) in [4.78, 5) is 0. The van der Waals surface area contributed by atoms with E-state index in [4.69, 9.17) is 0 Å². The zero-order valence-electron chi connectivity index (χ0n) is 6.52. The van der Waals surface area contributed by atoms with Gasteiger partial charge in [-0.25, -0.2) is 0 Å². The van der Waals surface area contributed by atoms with Gasteiger partial charge in [0.1, 0.15) is 0 Å². The molecule has 0 spiro atoms. The third kappa shape index (κ3) is 2.03. The maximum absolute atomic E-state index is 4.02. The minimum atomic E-state index is 0.618. The zero-order valence-corrected chi connectivity index (χ0v) is 7.34. The fourth-order valence-electron chi connectivity index (χ4n) is 1.27. The van der Waals surface area contributed by atoms with Crippen LogP contribution in [0.4, 0.5) is 0 Å². The lowest BCUT2D eigenvalue weighted by Gasteiger charge is -2.09. The predicted molar refractivity (Wildman–Crippen MR) is 48.5 cm³/mol. The van der Waals surface area contributed by atoms with Crippen LogP contribution in [0.5, 0.6) is 0 Å². The molecule has 0 aliphatic carbocycles. The number of hydrogen-bond donors (Lipinski definition) is 1. The molecule has 0 aromatic carbocycles. The van der Waals surface area contributed by atoms with E-state index in [1.807, 2.05) is 11.8 Å². The topological polar surface area (TPSA) is 12.0 Å². The Morgan fingerprint density at radius 2 is 2.60 bits per heavy atom. The van der Waals surface area contributed by atoms with Crippen LogP contribution >= 0.6 is 11.8 Å². The minimum Gasteiger partial charge on any atom is -0.310 e. The molecule has 58 valence electrons. The Bertz CT molecular complexity index is 122. The van der Waals surface area contributed by atoms with Gasteiger partial charge >= 0.3 is 0 Å². The molecule has 2 heteroatoms. The van der Waals surface area contributed by atoms with Gasteiger partial charge in [-0.2, -0.15) is 11.8 Å². The van der Waals surface area contributed by atoms with Crippen molar-refractivity contribution in [2.75, 3.05) is 18.6 Å². The molecule has 0 amide bonds. The van der Waals surface area contributed by atoms with Crippen molar-refractivity contribution in [2.45, 2.75) is 18.9 Å². The van der Waals surface area contributed by atoms with Gasteiger partial charge in [0, 0.05) is 6.04 Å². The van der Waals surface area contributed by atoms with E-state index in [0.29, 0.717) is 6.04 Å². The van der Waals surface area contributed by atoms with E-state index >= 15 is 0 Å². The third-order valence-corrected chi connectivity index (χ3v) is 2.58. The molecule has 1 aliphatic heterocycles. The van der Waals surface area contributed by atoms with E-state index in [0.717, 1.165) is 6.54 Å². The molecule has 0 saturated carbocycles. The summed E-state index contributed by atoms with van der Waals surface area (Å²) in [5.41, 5.74) is 1.40. The molecule has 1 atom stereocenters. The molecule has 1 aliphatic rings. The molecule has 0 aromatic heterocycles. The summed E-state index contributed by atoms with van der Waals surface area (Å²) in [6.07, 6.45) is 4.58. The molecule has 0 aromatic rings. The van der Waals surface area contributed by atoms with Crippen LogP contribution in [-0.2, 0) is 0 Å². The lowest BCUT2D eigenvalue weighted by molar-refractivity contribution is 0.651. The number of thioether (sulfide) groups is 1. The van der Waals surface area contributed by atoms with E-state index < -0.39 is 0 Å². The highest BCUT2D eigenvalue weighted by molar-refractivity contribution is 7.98. The normalized spacial score (nSPS) is 25.7. The largest absolute Gasteiger partial charge is 0.310 e. The quantitative estimate of drug-likeness (QED) is 0.625. The first-order valence-corrected chi connectivity index (χ1v) is 5.14. The van der Waals surface area contributed by atoms with Crippen molar-refractivity contribution in [2.24, 2.45) is 0 Å². The van der Waals surface area contributed by atoms with E-state index in [-0.39, 0.29) is 0 Å². The van der Waals surface area contributed by atoms with Crippen molar-refractivity contribution in [1.82, 2.24) is 5.32 Å². The Kier molecular flexibility index (Phi) is 3.29. The van der Waals surface area contributed by atoms with Crippen LogP contribution in [0.15, 0.2) is 12.2 Å². The minimum absolute atomic E-state index is 0.618. The molecule has 1 nitrogen and oxygen atoms in total. The van der Waals surface area contributed by atoms with Crippen LogP contribution in [0, 0.1) is 0 Å². The fraction of sp³-hybridized carbons (Fsp3) is 0.750. The highest BCUT2D eigenvalue weighted by Crippen LogP contribution is 2.15. The van der Waals surface area contributed by atoms with Gasteiger partial charge in [-0.05, 0) is 31.4 Å². The van der Waals surface area contributed by atoms with Crippen LogP contribution in [0.1, 0.15) is 12.8 Å². The highest BCUT2D eigenvalue weighted by Gasteiger charge is 2.16. The monoisotopic (exact) mass is 157 g/mol. The number of nitrogens with one attached hydrogen (secondary N) is 1. The van der Waals surface area contributed by atoms with E-state index in [1.54, 1.807) is 0 Å². The third-order valence-electron chi connectivity index (χ3n) is 1.94. The molecule has 1 rings (SSSR count). The first-order valence-electron chi connectivity index (χ1n) is 3.74. The van der Waals surface area contributed by atoms with Gasteiger partial charge in [0.2, 0.25) is 0 Å². The van der Waals surface area contributed by atoms with Crippen LogP contribution in [0.3, 0.4) is 0 Å². The standard InChI is InChI=1S/C8H15NS/c1-7-3-5-9-8(7)4-6-10-2/h8-9H,1,3-6H2,2H3/t8-/m0/s1. The predicted octanol–water partition coefficient (Wildman–Crippen LogP) is 1.66. The smallest absolute Gasteiger partial charge is 0.0285 e. The van der Waals surface area contributed by atoms with Crippen LogP contribution in [0.25, 0.3) is 0 Å². The Balaban J connectivity index is 2.20. The fourth-order valence-corrected chi connectivity index (χ4v) is 1.74. The molecule has 0 radical (unpaired) electrons. The Morgan fingerprint density at radius 3 is 3.10 bits per heavy atom. The van der Waals surface area contributed by atoms with Crippen molar-refractivity contribution in [3.8, 4) is 0 Å². The molecule has 1 N–H and O–H groups in total. The van der Waals surface area contributed by atoms with Crippen molar-refractivity contribution < 1.29 is 0 Å². The highest BCUT2D eigenvalue weighted by atomic mass is 32.2. The second kappa shape index (κ2) is 4.04. The van der Waals surface area contributed by atoms with Gasteiger partial charge in [-0.15, -0.1) is 0 Å². The van der Waals surface area contributed by atoms with Crippen LogP contribution in [0.2, 0.25) is 0 Å². The van der Waals surface area contributed by atoms with Gasteiger partial charge in [-0.1, -0.05) is 12.2 Å². The first kappa shape index (κ1) is 8.15. The molecule has 1 heterocycles. The average molecular weight is 157 g/mol. The maximum atomic E-state index is 4.02. The average Bonchev–Trinajstić information content (AvgIpc) is 2.31. The molecule has 1 fully saturated rings. The van der Waals surface area contributed by atoms with Crippen molar-refractivity contribution in [3.05, 3.63) is 12.2 Å². The van der Waals surface area contributed by atoms with Crippen LogP contribution < -0.4 is 5.32 Å². The Labute approximate surface area is 67.3 Å². The zero-order chi connectivity index (χ0) is 7.40. The molecule has 1 saturated heterocycles. The lowest BCUT2D eigenvalue weighted by Crippen LogP contribution is -2.22. The first-order chi connectivity index (χ1) is 4.84. The van der Waals surface area contributed by atoms with Crippen molar-refractivity contribution >= 4 is 11.8 Å². The Morgan fingerprint density at radius 1 is 1.80 bits per heavy atom. The number of rotatable bonds is 3. The maximum Gasteiger partial charge on any atom is 0.0285 e. The summed E-state index contributed by atoms with van der Waals surface area (Å²) in [6, 6.07) is 0.618. The van der Waals surface area contributed by atoms with Gasteiger partial charge < -0.3 is 5.32 Å². The summed E-state index contributed by atoms with van der Waals surface area (Å²) < 4.78 is 0. The summed E-state index contributed by atoms with van der Waals surface area (Å²) in [6.45, 7) is 5.15. The van der Waals surface area contributed by atoms with Gasteiger partial charge in [0.05, 0.1) is 0 Å². The molecule has 0 unspecified atom stereocenters. The van der Waals surface area contributed by atoms with E-state index in [2.05, 4.69) is 18.2 Å². The Hall–Kier alpha value is 0.0500. The van der Waals surface area contributed by atoms with Gasteiger partial charge in [-0.3, -0.25) is 0 Å². The SMILES string of the molecule is C=C1CCN[C@H]1CCSC. The van der Waals surface area contributed by atoms with E-state index in [1.165, 1.54) is 24.2 Å². The second-order valence-electron chi connectivity index (χ2n) is 2.70. The van der Waals surface area contributed by atoms with E-state index in [9.17, 15) is 0 Å². The van der Waals surface area contributed by atoms with Crippen molar-refractivity contribution in [1.29, 1.82) is 0 Å². The van der Waals surface area contributed by atoms with Crippen molar-refractivity contribution in [3.63, 3.8) is 0 Å². The summed E-state index contributed by atoms with van der Waals surface area (Å²) in [5.74, 6) is 1.25. The molecular formula is C8H15NS. The summed E-state index contributed by atoms with van der Waals surface area (Å²) in [7, 11) is 0. The lowest BCUT2D eigenvalue weighted by atomic mass is 10.1. The van der Waals surface area contributed by atoms with Crippen LogP contribution in [-0.4, -0.2) is 24.6 Å². The van der Waals surface area contributed by atoms with Gasteiger partial charge in [0.25, 0.3) is 0 Å².